The molecular formula is C16H16Cl2FNO. The zero-order valence-electron chi connectivity index (χ0n) is 11.8. The summed E-state index contributed by atoms with van der Waals surface area (Å²) >= 11 is 12.4. The van der Waals surface area contributed by atoms with Crippen molar-refractivity contribution in [3.8, 4) is 5.75 Å². The summed E-state index contributed by atoms with van der Waals surface area (Å²) < 4.78 is 19.4. The Kier molecular flexibility index (Phi) is 5.45. The molecule has 0 aliphatic carbocycles. The Morgan fingerprint density at radius 1 is 1.14 bits per heavy atom. The van der Waals surface area contributed by atoms with Crippen molar-refractivity contribution in [2.24, 2.45) is 0 Å². The summed E-state index contributed by atoms with van der Waals surface area (Å²) in [5.41, 5.74) is 1.32. The lowest BCUT2D eigenvalue weighted by atomic mass is 9.98. The largest absolute Gasteiger partial charge is 0.494 e. The molecule has 2 nitrogen and oxygen atoms in total. The van der Waals surface area contributed by atoms with Crippen LogP contribution in [0.1, 0.15) is 17.2 Å². The number of halogens is 3. The average molecular weight is 328 g/mol. The number of hydrogen-bond acceptors (Lipinski definition) is 2. The molecule has 5 heteroatoms. The molecule has 112 valence electrons. The van der Waals surface area contributed by atoms with Crippen LogP contribution >= 0.6 is 23.2 Å². The second-order valence-corrected chi connectivity index (χ2v) is 5.42. The molecule has 0 aliphatic rings. The van der Waals surface area contributed by atoms with E-state index in [9.17, 15) is 4.39 Å². The molecule has 0 saturated carbocycles. The summed E-state index contributed by atoms with van der Waals surface area (Å²) in [7, 11) is 3.22. The van der Waals surface area contributed by atoms with E-state index in [2.05, 4.69) is 5.32 Å². The Balaban J connectivity index is 2.37. The summed E-state index contributed by atoms with van der Waals surface area (Å²) in [6, 6.07) is 10.2. The normalized spacial score (nSPS) is 12.2. The van der Waals surface area contributed by atoms with Crippen LogP contribution in [0, 0.1) is 5.82 Å². The predicted molar refractivity (Wildman–Crippen MR) is 84.9 cm³/mol. The van der Waals surface area contributed by atoms with Gasteiger partial charge in [0, 0.05) is 21.7 Å². The Hall–Kier alpha value is -1.29. The molecule has 0 radical (unpaired) electrons. The van der Waals surface area contributed by atoms with E-state index in [1.807, 2.05) is 0 Å². The van der Waals surface area contributed by atoms with Crippen LogP contribution in [-0.2, 0) is 6.42 Å². The Labute approximate surface area is 133 Å². The lowest BCUT2D eigenvalue weighted by Crippen LogP contribution is -2.20. The van der Waals surface area contributed by atoms with Crippen LogP contribution in [0.15, 0.2) is 36.4 Å². The lowest BCUT2D eigenvalue weighted by molar-refractivity contribution is 0.380. The molecule has 0 amide bonds. The van der Waals surface area contributed by atoms with Gasteiger partial charge in [-0.1, -0.05) is 41.4 Å². The average Bonchev–Trinajstić information content (AvgIpc) is 2.48. The molecule has 0 aromatic heterocycles. The molecule has 0 spiro atoms. The van der Waals surface area contributed by atoms with Gasteiger partial charge in [-0.2, -0.15) is 0 Å². The highest BCUT2D eigenvalue weighted by molar-refractivity contribution is 6.36. The second kappa shape index (κ2) is 7.12. The van der Waals surface area contributed by atoms with Crippen LogP contribution in [0.2, 0.25) is 10.0 Å². The van der Waals surface area contributed by atoms with Gasteiger partial charge in [0.1, 0.15) is 0 Å². The number of likely N-dealkylation sites (N-methyl/N-ethyl adjacent to an activating group) is 1. The van der Waals surface area contributed by atoms with Crippen molar-refractivity contribution in [1.29, 1.82) is 0 Å². The van der Waals surface area contributed by atoms with Gasteiger partial charge in [0.25, 0.3) is 0 Å². The second-order valence-electron chi connectivity index (χ2n) is 4.61. The van der Waals surface area contributed by atoms with Crippen molar-refractivity contribution in [1.82, 2.24) is 5.32 Å². The third kappa shape index (κ3) is 3.49. The highest BCUT2D eigenvalue weighted by Crippen LogP contribution is 2.32. The molecule has 2 aromatic rings. The molecule has 1 unspecified atom stereocenters. The number of rotatable bonds is 5. The molecular weight excluding hydrogens is 312 g/mol. The van der Waals surface area contributed by atoms with Crippen molar-refractivity contribution in [3.05, 3.63) is 63.4 Å². The van der Waals surface area contributed by atoms with E-state index in [1.165, 1.54) is 7.11 Å². The minimum absolute atomic E-state index is 0.220. The van der Waals surface area contributed by atoms with Gasteiger partial charge in [-0.15, -0.1) is 0 Å². The Morgan fingerprint density at radius 2 is 1.76 bits per heavy atom. The van der Waals surface area contributed by atoms with Gasteiger partial charge in [0.05, 0.1) is 7.11 Å². The summed E-state index contributed by atoms with van der Waals surface area (Å²) in [5, 5.41) is 4.25. The van der Waals surface area contributed by atoms with Crippen LogP contribution in [0.25, 0.3) is 0 Å². The molecule has 2 rings (SSSR count). The van der Waals surface area contributed by atoms with Crippen molar-refractivity contribution in [2.45, 2.75) is 12.5 Å². The van der Waals surface area contributed by atoms with Crippen molar-refractivity contribution >= 4 is 23.2 Å². The fraction of sp³-hybridized carbons (Fsp3) is 0.250. The summed E-state index contributed by atoms with van der Waals surface area (Å²) in [6.45, 7) is 0. The molecule has 1 N–H and O–H groups in total. The minimum Gasteiger partial charge on any atom is -0.494 e. The molecule has 0 bridgehead atoms. The summed E-state index contributed by atoms with van der Waals surface area (Å²) in [6.07, 6.45) is 0.485. The lowest BCUT2D eigenvalue weighted by Gasteiger charge is -2.20. The van der Waals surface area contributed by atoms with Gasteiger partial charge in [-0.25, -0.2) is 4.39 Å². The quantitative estimate of drug-likeness (QED) is 0.863. The molecule has 1 atom stereocenters. The number of methoxy groups -OCH3 is 1. The maximum Gasteiger partial charge on any atom is 0.169 e. The van der Waals surface area contributed by atoms with E-state index in [1.54, 1.807) is 43.4 Å². The first-order valence-corrected chi connectivity index (χ1v) is 7.26. The molecule has 0 saturated heterocycles. The smallest absolute Gasteiger partial charge is 0.169 e. The van der Waals surface area contributed by atoms with Crippen LogP contribution < -0.4 is 10.1 Å². The van der Waals surface area contributed by atoms with Gasteiger partial charge in [0.15, 0.2) is 11.6 Å². The van der Waals surface area contributed by atoms with E-state index in [0.717, 1.165) is 5.56 Å². The highest BCUT2D eigenvalue weighted by atomic mass is 35.5. The molecule has 21 heavy (non-hydrogen) atoms. The van der Waals surface area contributed by atoms with Gasteiger partial charge < -0.3 is 10.1 Å². The SMILES string of the molecule is CNC(Cc1c(Cl)cccc1Cl)c1cccc(OC)c1F. The number of ether oxygens (including phenoxy) is 1. The predicted octanol–water partition coefficient (Wildman–Crippen LogP) is 4.64. The zero-order chi connectivity index (χ0) is 15.4. The Morgan fingerprint density at radius 3 is 2.33 bits per heavy atom. The number of nitrogens with one attached hydrogen (secondary N) is 1. The standard InChI is InChI=1S/C16H16Cl2FNO/c1-20-14(9-11-12(17)6-4-7-13(11)18)10-5-3-8-15(21-2)16(10)19/h3-8,14,20H,9H2,1-2H3. The number of hydrogen-bond donors (Lipinski definition) is 1. The van der Waals surface area contributed by atoms with Crippen molar-refractivity contribution in [3.63, 3.8) is 0 Å². The monoisotopic (exact) mass is 327 g/mol. The summed E-state index contributed by atoms with van der Waals surface area (Å²) in [4.78, 5) is 0. The van der Waals surface area contributed by atoms with E-state index in [0.29, 0.717) is 22.0 Å². The van der Waals surface area contributed by atoms with E-state index >= 15 is 0 Å². The van der Waals surface area contributed by atoms with E-state index in [-0.39, 0.29) is 17.6 Å². The van der Waals surface area contributed by atoms with E-state index < -0.39 is 0 Å². The topological polar surface area (TPSA) is 21.3 Å². The van der Waals surface area contributed by atoms with Gasteiger partial charge in [-0.05, 0) is 37.2 Å². The summed E-state index contributed by atoms with van der Waals surface area (Å²) in [5.74, 6) is -0.152. The number of benzene rings is 2. The maximum absolute atomic E-state index is 14.4. The third-order valence-corrected chi connectivity index (χ3v) is 4.12. The maximum atomic E-state index is 14.4. The molecule has 0 aliphatic heterocycles. The van der Waals surface area contributed by atoms with Crippen LogP contribution in [0.3, 0.4) is 0 Å². The van der Waals surface area contributed by atoms with Crippen molar-refractivity contribution in [2.75, 3.05) is 14.2 Å². The zero-order valence-corrected chi connectivity index (χ0v) is 13.3. The van der Waals surface area contributed by atoms with Gasteiger partial charge >= 0.3 is 0 Å². The first-order valence-electron chi connectivity index (χ1n) is 6.51. The fourth-order valence-corrected chi connectivity index (χ4v) is 2.81. The highest BCUT2D eigenvalue weighted by Gasteiger charge is 2.19. The van der Waals surface area contributed by atoms with Crippen molar-refractivity contribution < 1.29 is 9.13 Å². The van der Waals surface area contributed by atoms with Gasteiger partial charge in [0.2, 0.25) is 0 Å². The van der Waals surface area contributed by atoms with Crippen LogP contribution in [-0.4, -0.2) is 14.2 Å². The molecule has 2 aromatic carbocycles. The first kappa shape index (κ1) is 16.1. The Bertz CT molecular complexity index is 613. The minimum atomic E-state index is -0.373. The van der Waals surface area contributed by atoms with E-state index in [4.69, 9.17) is 27.9 Å². The first-order chi connectivity index (χ1) is 10.1. The molecule has 0 fully saturated rings. The fourth-order valence-electron chi connectivity index (χ4n) is 2.25. The third-order valence-electron chi connectivity index (χ3n) is 3.41. The van der Waals surface area contributed by atoms with Crippen LogP contribution in [0.5, 0.6) is 5.75 Å². The van der Waals surface area contributed by atoms with Crippen LogP contribution in [0.4, 0.5) is 4.39 Å². The van der Waals surface area contributed by atoms with Gasteiger partial charge in [-0.3, -0.25) is 0 Å². The molecule has 0 heterocycles.